The maximum Gasteiger partial charge on any atom is 0.285 e. The van der Waals surface area contributed by atoms with Crippen LogP contribution < -0.4 is 10.9 Å². The van der Waals surface area contributed by atoms with Crippen LogP contribution in [0, 0.1) is 12.8 Å². The molecule has 4 rings (SSSR count). The zero-order chi connectivity index (χ0) is 18.4. The summed E-state index contributed by atoms with van der Waals surface area (Å²) < 4.78 is 7.25. The summed E-state index contributed by atoms with van der Waals surface area (Å²) in [6.07, 6.45) is 2.45. The van der Waals surface area contributed by atoms with Crippen LogP contribution >= 0.6 is 0 Å². The third kappa shape index (κ3) is 3.03. The minimum absolute atomic E-state index is 0.0208. The largest absolute Gasteiger partial charge is 0.375 e. The van der Waals surface area contributed by atoms with E-state index in [1.165, 1.54) is 10.7 Å². The maximum absolute atomic E-state index is 12.6. The summed E-state index contributed by atoms with van der Waals surface area (Å²) in [5.41, 5.74) is 1.02. The van der Waals surface area contributed by atoms with Crippen LogP contribution in [0.15, 0.2) is 17.1 Å². The van der Waals surface area contributed by atoms with Gasteiger partial charge in [0.15, 0.2) is 5.65 Å². The van der Waals surface area contributed by atoms with Gasteiger partial charge in [0.05, 0.1) is 12.7 Å². The van der Waals surface area contributed by atoms with Crippen LogP contribution in [0.3, 0.4) is 0 Å². The van der Waals surface area contributed by atoms with E-state index in [-0.39, 0.29) is 29.2 Å². The summed E-state index contributed by atoms with van der Waals surface area (Å²) in [5, 5.41) is 5.91. The minimum Gasteiger partial charge on any atom is -0.375 e. The third-order valence-corrected chi connectivity index (χ3v) is 5.39. The summed E-state index contributed by atoms with van der Waals surface area (Å²) in [6.45, 7) is 8.56. The molecule has 2 aliphatic rings. The lowest BCUT2D eigenvalue weighted by Gasteiger charge is -2.36. The van der Waals surface area contributed by atoms with Crippen molar-refractivity contribution in [1.82, 2.24) is 24.8 Å². The number of amides is 1. The second-order valence-corrected chi connectivity index (χ2v) is 7.74. The van der Waals surface area contributed by atoms with E-state index in [2.05, 4.69) is 34.1 Å². The summed E-state index contributed by atoms with van der Waals surface area (Å²) >= 11 is 0. The van der Waals surface area contributed by atoms with Crippen LogP contribution in [-0.2, 0) is 4.74 Å². The van der Waals surface area contributed by atoms with Crippen LogP contribution in [0.2, 0.25) is 0 Å². The maximum atomic E-state index is 12.6. The number of nitrogens with one attached hydrogen (secondary N) is 2. The fourth-order valence-electron chi connectivity index (χ4n) is 3.91. The minimum atomic E-state index is -0.375. The lowest BCUT2D eigenvalue weighted by molar-refractivity contribution is -0.0683. The number of morpholine rings is 1. The molecule has 8 nitrogen and oxygen atoms in total. The zero-order valence-corrected chi connectivity index (χ0v) is 15.4. The second-order valence-electron chi connectivity index (χ2n) is 7.74. The molecular weight excluding hydrogens is 334 g/mol. The van der Waals surface area contributed by atoms with Gasteiger partial charge in [-0.2, -0.15) is 0 Å². The van der Waals surface area contributed by atoms with Crippen LogP contribution in [0.1, 0.15) is 36.3 Å². The van der Waals surface area contributed by atoms with Gasteiger partial charge < -0.3 is 10.1 Å². The smallest absolute Gasteiger partial charge is 0.285 e. The normalized spacial score (nSPS) is 26.4. The van der Waals surface area contributed by atoms with Crippen molar-refractivity contribution in [3.05, 3.63) is 33.9 Å². The number of hydrogen-bond acceptors (Lipinski definition) is 5. The molecule has 0 bridgehead atoms. The number of fused-ring (bicyclic) bond motifs is 2. The summed E-state index contributed by atoms with van der Waals surface area (Å²) in [5.74, 6) is 0.113. The number of aryl methyl sites for hydroxylation is 1. The van der Waals surface area contributed by atoms with E-state index in [1.54, 1.807) is 6.07 Å². The molecular formula is C18H25N5O3. The molecule has 1 amide bonds. The molecule has 3 atom stereocenters. The van der Waals surface area contributed by atoms with E-state index in [0.29, 0.717) is 24.2 Å². The Labute approximate surface area is 151 Å². The highest BCUT2D eigenvalue weighted by atomic mass is 16.5. The predicted octanol–water partition coefficient (Wildman–Crippen LogP) is 0.559. The first-order valence-corrected chi connectivity index (χ1v) is 9.16. The number of carbonyl (C=O) groups excluding carboxylic acids is 1. The average Bonchev–Trinajstić information content (AvgIpc) is 3.16. The molecule has 26 heavy (non-hydrogen) atoms. The number of hydrogen-bond donors (Lipinski definition) is 2. The highest BCUT2D eigenvalue weighted by Gasteiger charge is 2.38. The molecule has 0 saturated carbocycles. The van der Waals surface area contributed by atoms with Gasteiger partial charge in [-0.25, -0.2) is 9.50 Å². The van der Waals surface area contributed by atoms with Crippen molar-refractivity contribution in [3.63, 3.8) is 0 Å². The van der Waals surface area contributed by atoms with E-state index in [1.807, 2.05) is 6.92 Å². The number of aromatic amines is 1. The third-order valence-electron chi connectivity index (χ3n) is 5.39. The van der Waals surface area contributed by atoms with Crippen LogP contribution in [0.25, 0.3) is 5.65 Å². The van der Waals surface area contributed by atoms with E-state index >= 15 is 0 Å². The van der Waals surface area contributed by atoms with Gasteiger partial charge in [0.2, 0.25) is 0 Å². The van der Waals surface area contributed by atoms with Gasteiger partial charge in [-0.05, 0) is 19.3 Å². The van der Waals surface area contributed by atoms with Crippen molar-refractivity contribution in [2.45, 2.75) is 45.4 Å². The molecule has 0 aliphatic carbocycles. The van der Waals surface area contributed by atoms with Crippen molar-refractivity contribution < 1.29 is 9.53 Å². The van der Waals surface area contributed by atoms with Crippen molar-refractivity contribution in [1.29, 1.82) is 0 Å². The Morgan fingerprint density at radius 1 is 1.42 bits per heavy atom. The zero-order valence-electron chi connectivity index (χ0n) is 15.4. The predicted molar refractivity (Wildman–Crippen MR) is 96.4 cm³/mol. The molecule has 2 fully saturated rings. The van der Waals surface area contributed by atoms with Crippen molar-refractivity contribution >= 4 is 11.6 Å². The summed E-state index contributed by atoms with van der Waals surface area (Å²) in [7, 11) is 0. The topological polar surface area (TPSA) is 91.7 Å². The Kier molecular flexibility index (Phi) is 4.32. The Bertz CT molecular complexity index is 887. The SMILES string of the molecule is Cc1cc2ncc(C(=O)N[C@H]3C[C@H]4CO[C@H](C(C)C)CN4C3)c(=O)n2[nH]1. The number of aromatic nitrogens is 3. The fourth-order valence-corrected chi connectivity index (χ4v) is 3.91. The van der Waals surface area contributed by atoms with Crippen molar-refractivity contribution in [3.8, 4) is 0 Å². The molecule has 140 valence electrons. The van der Waals surface area contributed by atoms with Gasteiger partial charge in [0, 0.05) is 43.1 Å². The Hall–Kier alpha value is -2.19. The first-order chi connectivity index (χ1) is 12.4. The Morgan fingerprint density at radius 2 is 2.23 bits per heavy atom. The van der Waals surface area contributed by atoms with Gasteiger partial charge >= 0.3 is 0 Å². The van der Waals surface area contributed by atoms with Crippen LogP contribution in [-0.4, -0.2) is 63.3 Å². The molecule has 8 heteroatoms. The highest BCUT2D eigenvalue weighted by molar-refractivity contribution is 5.94. The Morgan fingerprint density at radius 3 is 3.00 bits per heavy atom. The molecule has 0 radical (unpaired) electrons. The molecule has 2 aromatic heterocycles. The van der Waals surface area contributed by atoms with Gasteiger partial charge in [-0.15, -0.1) is 0 Å². The molecule has 0 spiro atoms. The summed E-state index contributed by atoms with van der Waals surface area (Å²) in [6, 6.07) is 2.12. The molecule has 2 N–H and O–H groups in total. The lowest BCUT2D eigenvalue weighted by Crippen LogP contribution is -2.48. The van der Waals surface area contributed by atoms with E-state index in [0.717, 1.165) is 25.2 Å². The first-order valence-electron chi connectivity index (χ1n) is 9.16. The standard InChI is InChI=1S/C18H25N5O3/c1-10(2)15-8-22-7-12(5-13(22)9-26-15)20-17(24)14-6-19-16-4-11(3)21-23(16)18(14)25/h4,6,10,12-13,15,21H,5,7-9H2,1-3H3,(H,20,24)/t12-,13-,15-/m0/s1. The number of H-pyrrole nitrogens is 1. The van der Waals surface area contributed by atoms with Gasteiger partial charge in [0.1, 0.15) is 5.56 Å². The van der Waals surface area contributed by atoms with E-state index in [9.17, 15) is 9.59 Å². The van der Waals surface area contributed by atoms with E-state index in [4.69, 9.17) is 4.74 Å². The lowest BCUT2D eigenvalue weighted by atomic mass is 10.0. The van der Waals surface area contributed by atoms with Crippen molar-refractivity contribution in [2.24, 2.45) is 5.92 Å². The molecule has 2 saturated heterocycles. The van der Waals surface area contributed by atoms with Gasteiger partial charge in [-0.3, -0.25) is 19.6 Å². The van der Waals surface area contributed by atoms with Crippen LogP contribution in [0.4, 0.5) is 0 Å². The Balaban J connectivity index is 1.46. The van der Waals surface area contributed by atoms with Gasteiger partial charge in [-0.1, -0.05) is 13.8 Å². The fraction of sp³-hybridized carbons (Fsp3) is 0.611. The second kappa shape index (κ2) is 6.51. The molecule has 2 aromatic rings. The van der Waals surface area contributed by atoms with E-state index < -0.39 is 0 Å². The van der Waals surface area contributed by atoms with Crippen LogP contribution in [0.5, 0.6) is 0 Å². The average molecular weight is 359 g/mol. The van der Waals surface area contributed by atoms with Gasteiger partial charge in [0.25, 0.3) is 11.5 Å². The number of nitrogens with zero attached hydrogens (tertiary/aromatic N) is 3. The first kappa shape index (κ1) is 17.2. The molecule has 0 aromatic carbocycles. The molecule has 4 heterocycles. The molecule has 0 unspecified atom stereocenters. The highest BCUT2D eigenvalue weighted by Crippen LogP contribution is 2.25. The number of ether oxygens (including phenoxy) is 1. The summed E-state index contributed by atoms with van der Waals surface area (Å²) in [4.78, 5) is 31.7. The number of rotatable bonds is 3. The number of carbonyl (C=O) groups is 1. The quantitative estimate of drug-likeness (QED) is 0.835. The monoisotopic (exact) mass is 359 g/mol. The van der Waals surface area contributed by atoms with Crippen molar-refractivity contribution in [2.75, 3.05) is 19.7 Å². The molecule has 2 aliphatic heterocycles.